The van der Waals surface area contributed by atoms with Gasteiger partial charge in [-0.3, -0.25) is 4.79 Å². The molecule has 109 valence electrons. The van der Waals surface area contributed by atoms with Crippen molar-refractivity contribution in [1.82, 2.24) is 0 Å². The van der Waals surface area contributed by atoms with Crippen molar-refractivity contribution in [3.63, 3.8) is 0 Å². The van der Waals surface area contributed by atoms with Crippen LogP contribution in [0.4, 0.5) is 0 Å². The SMILES string of the molecule is CC(C)(C)C1=C[C]2C(=C([O-])C1=O)C(C)(C)c1ccccc12.[K+]. The fraction of sp³-hybridized carbons (Fsp3) is 0.368. The predicted molar refractivity (Wildman–Crippen MR) is 81.4 cm³/mol. The molecule has 1 aromatic carbocycles. The van der Waals surface area contributed by atoms with Crippen LogP contribution in [0.15, 0.2) is 47.2 Å². The Balaban J connectivity index is 0.00000176. The molecule has 22 heavy (non-hydrogen) atoms. The van der Waals surface area contributed by atoms with Gasteiger partial charge in [-0.25, -0.2) is 0 Å². The second-order valence-corrected chi connectivity index (χ2v) is 7.43. The predicted octanol–water partition coefficient (Wildman–Crippen LogP) is 0.0740. The summed E-state index contributed by atoms with van der Waals surface area (Å²) in [6, 6.07) is 8.06. The van der Waals surface area contributed by atoms with E-state index in [-0.39, 0.29) is 68.3 Å². The molecule has 0 fully saturated rings. The van der Waals surface area contributed by atoms with Gasteiger partial charge in [0.2, 0.25) is 0 Å². The molecule has 2 nitrogen and oxygen atoms in total. The Bertz CT molecular complexity index is 702. The third kappa shape index (κ3) is 2.51. The average molecular weight is 319 g/mol. The van der Waals surface area contributed by atoms with Crippen LogP contribution in [0.1, 0.15) is 45.7 Å². The van der Waals surface area contributed by atoms with Crippen LogP contribution >= 0.6 is 0 Å². The number of rotatable bonds is 0. The summed E-state index contributed by atoms with van der Waals surface area (Å²) >= 11 is 0. The second-order valence-electron chi connectivity index (χ2n) is 7.43. The first-order valence-electron chi connectivity index (χ1n) is 7.31. The number of carbonyl (C=O) groups is 1. The van der Waals surface area contributed by atoms with E-state index in [1.807, 2.05) is 58.9 Å². The van der Waals surface area contributed by atoms with Crippen molar-refractivity contribution < 1.29 is 61.3 Å². The van der Waals surface area contributed by atoms with Crippen molar-refractivity contribution in [3.8, 4) is 0 Å². The van der Waals surface area contributed by atoms with Crippen LogP contribution in [0.2, 0.25) is 0 Å². The van der Waals surface area contributed by atoms with Crippen LogP contribution in [0.25, 0.3) is 0 Å². The number of hydrogen-bond donors (Lipinski definition) is 0. The molecule has 0 atom stereocenters. The maximum Gasteiger partial charge on any atom is 1.00 e. The van der Waals surface area contributed by atoms with Gasteiger partial charge in [-0.15, -0.1) is 0 Å². The van der Waals surface area contributed by atoms with Crippen molar-refractivity contribution in [2.45, 2.75) is 40.0 Å². The van der Waals surface area contributed by atoms with E-state index in [9.17, 15) is 9.90 Å². The van der Waals surface area contributed by atoms with Crippen molar-refractivity contribution in [3.05, 3.63) is 64.3 Å². The van der Waals surface area contributed by atoms with Crippen molar-refractivity contribution >= 4 is 5.78 Å². The van der Waals surface area contributed by atoms with Crippen LogP contribution in [-0.4, -0.2) is 5.78 Å². The number of Topliss-reactive ketones (excluding diaryl/α,β-unsaturated/α-hetero) is 1. The van der Waals surface area contributed by atoms with Gasteiger partial charge in [0.05, 0.1) is 5.92 Å². The summed E-state index contributed by atoms with van der Waals surface area (Å²) in [4.78, 5) is 12.5. The van der Waals surface area contributed by atoms with E-state index in [2.05, 4.69) is 6.07 Å². The minimum absolute atomic E-state index is 0. The Hall–Kier alpha value is -0.194. The Labute approximate surface area is 175 Å². The molecule has 1 aromatic rings. The third-order valence-electron chi connectivity index (χ3n) is 4.56. The monoisotopic (exact) mass is 319 g/mol. The summed E-state index contributed by atoms with van der Waals surface area (Å²) < 4.78 is 0. The molecule has 2 aliphatic carbocycles. The van der Waals surface area contributed by atoms with E-state index in [1.165, 1.54) is 0 Å². The van der Waals surface area contributed by atoms with Crippen molar-refractivity contribution in [2.24, 2.45) is 5.41 Å². The first kappa shape index (κ1) is 18.1. The molecule has 0 bridgehead atoms. The molecule has 0 amide bonds. The average Bonchev–Trinajstić information content (AvgIpc) is 2.62. The van der Waals surface area contributed by atoms with E-state index < -0.39 is 5.41 Å². The normalized spacial score (nSPS) is 20.2. The molecule has 2 aliphatic rings. The van der Waals surface area contributed by atoms with Crippen LogP contribution in [0.3, 0.4) is 0 Å². The van der Waals surface area contributed by atoms with Gasteiger partial charge >= 0.3 is 51.4 Å². The molecule has 0 aliphatic heterocycles. The Morgan fingerprint density at radius 2 is 1.68 bits per heavy atom. The van der Waals surface area contributed by atoms with Gasteiger partial charge in [0.25, 0.3) is 0 Å². The molecule has 1 radical (unpaired) electrons. The van der Waals surface area contributed by atoms with Crippen LogP contribution < -0.4 is 56.5 Å². The molecule has 3 heteroatoms. The Morgan fingerprint density at radius 3 is 2.27 bits per heavy atom. The summed E-state index contributed by atoms with van der Waals surface area (Å²) in [7, 11) is 0. The smallest absolute Gasteiger partial charge is 0.870 e. The van der Waals surface area contributed by atoms with E-state index >= 15 is 0 Å². The minimum atomic E-state index is -0.404. The second kappa shape index (κ2) is 5.71. The number of carbonyl (C=O) groups excluding carboxylic acids is 1. The summed E-state index contributed by atoms with van der Waals surface area (Å²) in [5.41, 5.74) is 2.74. The Morgan fingerprint density at radius 1 is 1.09 bits per heavy atom. The van der Waals surface area contributed by atoms with Gasteiger partial charge in [0.15, 0.2) is 5.78 Å². The zero-order chi connectivity index (χ0) is 15.6. The Kier molecular flexibility index (Phi) is 4.71. The van der Waals surface area contributed by atoms with E-state index in [4.69, 9.17) is 0 Å². The molecule has 0 saturated heterocycles. The molecule has 0 aromatic heterocycles. The molecule has 3 rings (SSSR count). The fourth-order valence-corrected chi connectivity index (χ4v) is 3.43. The summed E-state index contributed by atoms with van der Waals surface area (Å²) in [6.45, 7) is 9.97. The van der Waals surface area contributed by atoms with Crippen LogP contribution in [0, 0.1) is 11.3 Å². The van der Waals surface area contributed by atoms with E-state index in [0.717, 1.165) is 17.0 Å². The number of fused-ring (bicyclic) bond motifs is 3. The molecule has 0 spiro atoms. The molecule has 0 heterocycles. The topological polar surface area (TPSA) is 40.1 Å². The maximum absolute atomic E-state index is 12.7. The van der Waals surface area contributed by atoms with Gasteiger partial charge < -0.3 is 5.11 Å². The number of hydrogen-bond acceptors (Lipinski definition) is 2. The van der Waals surface area contributed by atoms with Crippen LogP contribution in [-0.2, 0) is 10.2 Å². The molecule has 0 unspecified atom stereocenters. The maximum atomic E-state index is 12.7. The van der Waals surface area contributed by atoms with Crippen molar-refractivity contribution in [1.29, 1.82) is 0 Å². The first-order valence-corrected chi connectivity index (χ1v) is 7.31. The summed E-state index contributed by atoms with van der Waals surface area (Å²) in [5.74, 6) is 0.255. The summed E-state index contributed by atoms with van der Waals surface area (Å²) in [5, 5.41) is 12.7. The first-order chi connectivity index (χ1) is 9.65. The van der Waals surface area contributed by atoms with E-state index in [1.54, 1.807) is 0 Å². The molecule has 0 saturated carbocycles. The number of benzene rings is 1. The molecule has 0 N–H and O–H groups in total. The number of allylic oxidation sites excluding steroid dienone is 3. The van der Waals surface area contributed by atoms with Crippen LogP contribution in [0.5, 0.6) is 0 Å². The summed E-state index contributed by atoms with van der Waals surface area (Å²) in [6.07, 6.45) is 1.94. The molecular formula is C19H20KO2. The van der Waals surface area contributed by atoms with E-state index in [0.29, 0.717) is 11.1 Å². The van der Waals surface area contributed by atoms with Gasteiger partial charge in [0.1, 0.15) is 0 Å². The fourth-order valence-electron chi connectivity index (χ4n) is 3.43. The van der Waals surface area contributed by atoms with Gasteiger partial charge in [-0.2, -0.15) is 0 Å². The van der Waals surface area contributed by atoms with Crippen molar-refractivity contribution in [2.75, 3.05) is 0 Å². The quantitative estimate of drug-likeness (QED) is 0.635. The molecular weight excluding hydrogens is 299 g/mol. The zero-order valence-electron chi connectivity index (χ0n) is 14.2. The van der Waals surface area contributed by atoms with Gasteiger partial charge in [-0.1, -0.05) is 70.7 Å². The zero-order valence-corrected chi connectivity index (χ0v) is 17.3. The largest absolute Gasteiger partial charge is 1.00 e. The van der Waals surface area contributed by atoms with Gasteiger partial charge in [0, 0.05) is 11.0 Å². The van der Waals surface area contributed by atoms with Gasteiger partial charge in [-0.05, 0) is 22.1 Å². The number of ketones is 1. The minimum Gasteiger partial charge on any atom is -0.870 e. The third-order valence-corrected chi connectivity index (χ3v) is 4.56. The standard InChI is InChI=1S/C19H21O2.K/c1-18(2,3)14-10-12-11-8-6-7-9-13(11)19(4,5)15(12)17(21)16(14)20;/h6-10,21H,1-5H3;/q;+1/p-1.